The van der Waals surface area contributed by atoms with E-state index in [2.05, 4.69) is 15.5 Å². The summed E-state index contributed by atoms with van der Waals surface area (Å²) in [7, 11) is 0. The number of quaternary nitrogens is 1. The fraction of sp³-hybridized carbons (Fsp3) is 0.500. The molecule has 29 heavy (non-hydrogen) atoms. The van der Waals surface area contributed by atoms with Crippen LogP contribution in [-0.4, -0.2) is 59.1 Å². The van der Waals surface area contributed by atoms with Gasteiger partial charge in [0.05, 0.1) is 23.7 Å². The number of carbonyl (C=O) groups is 2. The number of amides is 2. The molecule has 0 saturated heterocycles. The van der Waals surface area contributed by atoms with E-state index in [1.54, 1.807) is 17.0 Å². The molecule has 2 aromatic rings. The molecule has 1 aromatic heterocycles. The van der Waals surface area contributed by atoms with E-state index in [1.807, 2.05) is 39.8 Å². The standard InChI is InChI=1S/C20H28ClN5O3/c1-5-22-17(27)11-25(6-2)13-19(28)26(14(3)4)12-18-23-24-20(29-18)15-9-7-8-10-16(15)21/h7-10,14H,5-6,11-13H2,1-4H3,(H,22,27)/p+1. The first-order valence-corrected chi connectivity index (χ1v) is 10.2. The van der Waals surface area contributed by atoms with Crippen LogP contribution < -0.4 is 10.2 Å². The lowest BCUT2D eigenvalue weighted by molar-refractivity contribution is -0.882. The fourth-order valence-electron chi connectivity index (χ4n) is 2.88. The first kappa shape index (κ1) is 22.8. The van der Waals surface area contributed by atoms with E-state index in [1.165, 1.54) is 0 Å². The number of likely N-dealkylation sites (N-methyl/N-ethyl adjacent to an activating group) is 2. The maximum atomic E-state index is 12.9. The summed E-state index contributed by atoms with van der Waals surface area (Å²) in [5.74, 6) is 0.524. The van der Waals surface area contributed by atoms with E-state index in [4.69, 9.17) is 16.0 Å². The fourth-order valence-corrected chi connectivity index (χ4v) is 3.10. The molecule has 0 aliphatic rings. The highest BCUT2D eigenvalue weighted by Gasteiger charge is 2.25. The van der Waals surface area contributed by atoms with Crippen molar-refractivity contribution in [3.63, 3.8) is 0 Å². The molecule has 0 aliphatic carbocycles. The smallest absolute Gasteiger partial charge is 0.278 e. The van der Waals surface area contributed by atoms with Crippen molar-refractivity contribution in [3.8, 4) is 11.5 Å². The van der Waals surface area contributed by atoms with Gasteiger partial charge in [-0.05, 0) is 39.8 Å². The predicted molar refractivity (Wildman–Crippen MR) is 110 cm³/mol. The lowest BCUT2D eigenvalue weighted by Gasteiger charge is -2.27. The summed E-state index contributed by atoms with van der Waals surface area (Å²) in [6.07, 6.45) is 0. The highest BCUT2D eigenvalue weighted by atomic mass is 35.5. The molecule has 1 heterocycles. The van der Waals surface area contributed by atoms with E-state index >= 15 is 0 Å². The largest absolute Gasteiger partial charge is 0.419 e. The molecule has 158 valence electrons. The number of aromatic nitrogens is 2. The number of halogens is 1. The van der Waals surface area contributed by atoms with Crippen LogP contribution in [0.1, 0.15) is 33.6 Å². The molecule has 0 saturated carbocycles. The number of nitrogens with zero attached hydrogens (tertiary/aromatic N) is 3. The maximum absolute atomic E-state index is 12.9. The van der Waals surface area contributed by atoms with Gasteiger partial charge in [-0.3, -0.25) is 9.59 Å². The van der Waals surface area contributed by atoms with Gasteiger partial charge in [-0.25, -0.2) is 0 Å². The van der Waals surface area contributed by atoms with Crippen molar-refractivity contribution in [3.05, 3.63) is 35.2 Å². The molecule has 2 amide bonds. The Morgan fingerprint density at radius 1 is 1.21 bits per heavy atom. The molecule has 0 fully saturated rings. The Balaban J connectivity index is 2.07. The number of carbonyl (C=O) groups excluding carboxylic acids is 2. The Morgan fingerprint density at radius 2 is 1.93 bits per heavy atom. The molecule has 2 rings (SSSR count). The van der Waals surface area contributed by atoms with Crippen LogP contribution in [0.15, 0.2) is 28.7 Å². The van der Waals surface area contributed by atoms with Gasteiger partial charge in [-0.15, -0.1) is 10.2 Å². The molecule has 8 nitrogen and oxygen atoms in total. The normalized spacial score (nSPS) is 12.1. The minimum atomic E-state index is -0.0707. The summed E-state index contributed by atoms with van der Waals surface area (Å²) in [5.41, 5.74) is 0.652. The lowest BCUT2D eigenvalue weighted by atomic mass is 10.2. The van der Waals surface area contributed by atoms with Crippen molar-refractivity contribution in [2.45, 2.75) is 40.3 Å². The molecular formula is C20H29ClN5O3+. The minimum absolute atomic E-state index is 0.0549. The monoisotopic (exact) mass is 422 g/mol. The second-order valence-electron chi connectivity index (χ2n) is 7.01. The number of nitrogens with one attached hydrogen (secondary N) is 2. The average Bonchev–Trinajstić information content (AvgIpc) is 3.14. The van der Waals surface area contributed by atoms with Crippen LogP contribution in [0.2, 0.25) is 5.02 Å². The van der Waals surface area contributed by atoms with Crippen molar-refractivity contribution < 1.29 is 18.9 Å². The van der Waals surface area contributed by atoms with Crippen LogP contribution >= 0.6 is 11.6 Å². The van der Waals surface area contributed by atoms with Crippen molar-refractivity contribution in [2.75, 3.05) is 26.2 Å². The summed E-state index contributed by atoms with van der Waals surface area (Å²) in [4.78, 5) is 27.3. The van der Waals surface area contributed by atoms with Gasteiger partial charge in [0.1, 0.15) is 0 Å². The Morgan fingerprint density at radius 3 is 2.55 bits per heavy atom. The van der Waals surface area contributed by atoms with Gasteiger partial charge in [0.25, 0.3) is 11.8 Å². The third kappa shape index (κ3) is 6.54. The van der Waals surface area contributed by atoms with Crippen molar-refractivity contribution in [2.24, 2.45) is 0 Å². The van der Waals surface area contributed by atoms with Crippen LogP contribution in [0, 0.1) is 0 Å². The molecular weight excluding hydrogens is 394 g/mol. The predicted octanol–water partition coefficient (Wildman–Crippen LogP) is 1.17. The quantitative estimate of drug-likeness (QED) is 0.599. The highest BCUT2D eigenvalue weighted by molar-refractivity contribution is 6.33. The van der Waals surface area contributed by atoms with Gasteiger partial charge >= 0.3 is 0 Å². The number of hydrogen-bond donors (Lipinski definition) is 2. The summed E-state index contributed by atoms with van der Waals surface area (Å²) in [5, 5.41) is 11.4. The summed E-state index contributed by atoms with van der Waals surface area (Å²) in [6, 6.07) is 7.16. The van der Waals surface area contributed by atoms with E-state index in [9.17, 15) is 9.59 Å². The third-order valence-corrected chi connectivity index (χ3v) is 4.84. The van der Waals surface area contributed by atoms with Gasteiger partial charge in [0, 0.05) is 12.6 Å². The van der Waals surface area contributed by atoms with Crippen molar-refractivity contribution >= 4 is 23.4 Å². The average molecular weight is 423 g/mol. The number of benzene rings is 1. The van der Waals surface area contributed by atoms with E-state index in [-0.39, 0.29) is 37.5 Å². The van der Waals surface area contributed by atoms with E-state index < -0.39 is 0 Å². The zero-order valence-corrected chi connectivity index (χ0v) is 18.1. The van der Waals surface area contributed by atoms with Gasteiger partial charge in [-0.2, -0.15) is 0 Å². The molecule has 2 N–H and O–H groups in total. The molecule has 0 bridgehead atoms. The Kier molecular flexibility index (Phi) is 8.60. The number of hydrogen-bond acceptors (Lipinski definition) is 5. The van der Waals surface area contributed by atoms with Gasteiger partial charge in [-0.1, -0.05) is 23.7 Å². The molecule has 1 atom stereocenters. The number of rotatable bonds is 10. The molecule has 0 radical (unpaired) electrons. The first-order valence-electron chi connectivity index (χ1n) is 9.82. The zero-order chi connectivity index (χ0) is 21.4. The van der Waals surface area contributed by atoms with Gasteiger partial charge in [0.15, 0.2) is 13.1 Å². The van der Waals surface area contributed by atoms with Crippen LogP contribution in [0.3, 0.4) is 0 Å². The lowest BCUT2D eigenvalue weighted by Crippen LogP contribution is -3.14. The van der Waals surface area contributed by atoms with Crippen molar-refractivity contribution in [1.82, 2.24) is 20.4 Å². The second kappa shape index (κ2) is 10.9. The van der Waals surface area contributed by atoms with E-state index in [0.717, 1.165) is 4.90 Å². The third-order valence-electron chi connectivity index (χ3n) is 4.51. The molecule has 9 heteroatoms. The molecule has 0 spiro atoms. The van der Waals surface area contributed by atoms with Crippen LogP contribution in [0.4, 0.5) is 0 Å². The molecule has 1 aromatic carbocycles. The first-order chi connectivity index (χ1) is 13.8. The SMILES string of the molecule is CCNC(=O)C[NH+](CC)CC(=O)N(Cc1nnc(-c2ccccc2Cl)o1)C(C)C. The van der Waals surface area contributed by atoms with Crippen molar-refractivity contribution in [1.29, 1.82) is 0 Å². The maximum Gasteiger partial charge on any atom is 0.278 e. The zero-order valence-electron chi connectivity index (χ0n) is 17.4. The molecule has 0 aliphatic heterocycles. The highest BCUT2D eigenvalue weighted by Crippen LogP contribution is 2.26. The van der Waals surface area contributed by atoms with Gasteiger partial charge in [0.2, 0.25) is 11.8 Å². The summed E-state index contributed by atoms with van der Waals surface area (Å²) < 4.78 is 5.74. The van der Waals surface area contributed by atoms with Crippen LogP contribution in [0.25, 0.3) is 11.5 Å². The van der Waals surface area contributed by atoms with Gasteiger partial charge < -0.3 is 19.5 Å². The summed E-state index contributed by atoms with van der Waals surface area (Å²) >= 11 is 6.18. The Labute approximate surface area is 176 Å². The summed E-state index contributed by atoms with van der Waals surface area (Å²) in [6.45, 7) is 9.62. The topological polar surface area (TPSA) is 92.8 Å². The van der Waals surface area contributed by atoms with Crippen LogP contribution in [-0.2, 0) is 16.1 Å². The second-order valence-corrected chi connectivity index (χ2v) is 7.41. The van der Waals surface area contributed by atoms with Crippen LogP contribution in [0.5, 0.6) is 0 Å². The minimum Gasteiger partial charge on any atom is -0.419 e. The van der Waals surface area contributed by atoms with E-state index in [0.29, 0.717) is 35.5 Å². The Bertz CT molecular complexity index is 824. The molecule has 1 unspecified atom stereocenters. The Hall–Kier alpha value is -2.45.